The lowest BCUT2D eigenvalue weighted by molar-refractivity contribution is -0.182. The molecule has 0 aliphatic carbocycles. The number of rotatable bonds is 5. The fraction of sp³-hybridized carbons (Fsp3) is 0.571. The van der Waals surface area contributed by atoms with Gasteiger partial charge in [0.1, 0.15) is 0 Å². The average molecular weight is 314 g/mol. The summed E-state index contributed by atoms with van der Waals surface area (Å²) in [5.74, 6) is 0. The zero-order chi connectivity index (χ0) is 12.8. The third-order valence-corrected chi connectivity index (χ3v) is 3.54. The van der Waals surface area contributed by atoms with Crippen LogP contribution in [0.15, 0.2) is 28.7 Å². The molecule has 1 fully saturated rings. The molecule has 1 heterocycles. The van der Waals surface area contributed by atoms with Crippen molar-refractivity contribution in [3.05, 3.63) is 34.3 Å². The topological polar surface area (TPSA) is 21.7 Å². The van der Waals surface area contributed by atoms with E-state index >= 15 is 0 Å². The Kier molecular flexibility index (Phi) is 5.63. The van der Waals surface area contributed by atoms with Crippen LogP contribution < -0.4 is 0 Å². The van der Waals surface area contributed by atoms with Crippen LogP contribution in [0.3, 0.4) is 0 Å². The Morgan fingerprint density at radius 1 is 1.22 bits per heavy atom. The summed E-state index contributed by atoms with van der Waals surface area (Å²) in [5.41, 5.74) is 1.33. The van der Waals surface area contributed by atoms with Gasteiger partial charge in [0.15, 0.2) is 6.29 Å². The van der Waals surface area contributed by atoms with Crippen LogP contribution in [0.4, 0.5) is 0 Å². The summed E-state index contributed by atoms with van der Waals surface area (Å²) >= 11 is 3.45. The fourth-order valence-corrected chi connectivity index (χ4v) is 2.27. The molecule has 0 radical (unpaired) electrons. The van der Waals surface area contributed by atoms with E-state index in [1.54, 1.807) is 0 Å². The molecule has 0 unspecified atom stereocenters. The Balaban J connectivity index is 1.71. The number of nitrogens with zero attached hydrogens (tertiary/aromatic N) is 1. The SMILES string of the molecule is CN(CCC1OCCCO1)Cc1ccc(Br)cc1. The number of hydrogen-bond donors (Lipinski definition) is 0. The molecule has 0 N–H and O–H groups in total. The Morgan fingerprint density at radius 3 is 2.56 bits per heavy atom. The van der Waals surface area contributed by atoms with Crippen molar-refractivity contribution in [2.75, 3.05) is 26.8 Å². The highest BCUT2D eigenvalue weighted by Crippen LogP contribution is 2.13. The lowest BCUT2D eigenvalue weighted by Gasteiger charge is -2.25. The van der Waals surface area contributed by atoms with E-state index in [1.165, 1.54) is 5.56 Å². The van der Waals surface area contributed by atoms with Crippen LogP contribution in [-0.4, -0.2) is 38.0 Å². The summed E-state index contributed by atoms with van der Waals surface area (Å²) in [6.45, 7) is 3.61. The fourth-order valence-electron chi connectivity index (χ4n) is 2.01. The number of halogens is 1. The molecule has 1 saturated heterocycles. The van der Waals surface area contributed by atoms with Gasteiger partial charge in [0.25, 0.3) is 0 Å². The van der Waals surface area contributed by atoms with Crippen LogP contribution in [0, 0.1) is 0 Å². The molecule has 18 heavy (non-hydrogen) atoms. The molecular formula is C14H20BrNO2. The summed E-state index contributed by atoms with van der Waals surface area (Å²) in [7, 11) is 2.13. The highest BCUT2D eigenvalue weighted by molar-refractivity contribution is 9.10. The molecule has 0 atom stereocenters. The van der Waals surface area contributed by atoms with Gasteiger partial charge in [-0.25, -0.2) is 0 Å². The molecule has 100 valence electrons. The van der Waals surface area contributed by atoms with E-state index in [2.05, 4.69) is 52.1 Å². The number of hydrogen-bond acceptors (Lipinski definition) is 3. The zero-order valence-corrected chi connectivity index (χ0v) is 12.4. The second kappa shape index (κ2) is 7.24. The Bertz CT molecular complexity index is 349. The maximum Gasteiger partial charge on any atom is 0.158 e. The van der Waals surface area contributed by atoms with Crippen molar-refractivity contribution in [1.82, 2.24) is 4.90 Å². The van der Waals surface area contributed by atoms with E-state index in [0.717, 1.165) is 43.6 Å². The highest BCUT2D eigenvalue weighted by Gasteiger charge is 2.14. The van der Waals surface area contributed by atoms with Crippen molar-refractivity contribution in [2.24, 2.45) is 0 Å². The molecule has 0 amide bonds. The highest BCUT2D eigenvalue weighted by atomic mass is 79.9. The minimum atomic E-state index is -0.00822. The van der Waals surface area contributed by atoms with Crippen molar-refractivity contribution in [3.63, 3.8) is 0 Å². The monoisotopic (exact) mass is 313 g/mol. The average Bonchev–Trinajstić information content (AvgIpc) is 2.40. The first-order chi connectivity index (χ1) is 8.74. The molecule has 0 spiro atoms. The molecule has 0 bridgehead atoms. The maximum atomic E-state index is 5.54. The maximum absolute atomic E-state index is 5.54. The normalized spacial score (nSPS) is 17.3. The summed E-state index contributed by atoms with van der Waals surface area (Å²) in [4.78, 5) is 2.30. The lowest BCUT2D eigenvalue weighted by atomic mass is 10.2. The third kappa shape index (κ3) is 4.69. The number of ether oxygens (including phenoxy) is 2. The third-order valence-electron chi connectivity index (χ3n) is 3.01. The summed E-state index contributed by atoms with van der Waals surface area (Å²) < 4.78 is 12.2. The van der Waals surface area contributed by atoms with Crippen LogP contribution >= 0.6 is 15.9 Å². The first-order valence-electron chi connectivity index (χ1n) is 6.40. The van der Waals surface area contributed by atoms with E-state index in [1.807, 2.05) is 0 Å². The molecule has 3 nitrogen and oxygen atoms in total. The van der Waals surface area contributed by atoms with Crippen LogP contribution in [0.1, 0.15) is 18.4 Å². The van der Waals surface area contributed by atoms with E-state index in [0.29, 0.717) is 0 Å². The Morgan fingerprint density at radius 2 is 1.89 bits per heavy atom. The smallest absolute Gasteiger partial charge is 0.158 e. The van der Waals surface area contributed by atoms with E-state index in [4.69, 9.17) is 9.47 Å². The van der Waals surface area contributed by atoms with Gasteiger partial charge in [0.2, 0.25) is 0 Å². The van der Waals surface area contributed by atoms with Gasteiger partial charge >= 0.3 is 0 Å². The molecule has 1 aliphatic rings. The second-order valence-corrected chi connectivity index (χ2v) is 5.59. The van der Waals surface area contributed by atoms with Gasteiger partial charge in [-0.05, 0) is 31.2 Å². The standard InChI is InChI=1S/C14H20BrNO2/c1-16(8-7-14-17-9-2-10-18-14)11-12-3-5-13(15)6-4-12/h3-6,14H,2,7-11H2,1H3. The minimum absolute atomic E-state index is 0.00822. The van der Waals surface area contributed by atoms with E-state index < -0.39 is 0 Å². The quantitative estimate of drug-likeness (QED) is 0.834. The first-order valence-corrected chi connectivity index (χ1v) is 7.19. The van der Waals surface area contributed by atoms with E-state index in [-0.39, 0.29) is 6.29 Å². The molecule has 4 heteroatoms. The van der Waals surface area contributed by atoms with Gasteiger partial charge in [-0.2, -0.15) is 0 Å². The van der Waals surface area contributed by atoms with Gasteiger partial charge in [0.05, 0.1) is 13.2 Å². The molecule has 2 rings (SSSR count). The van der Waals surface area contributed by atoms with Gasteiger partial charge in [-0.3, -0.25) is 0 Å². The zero-order valence-electron chi connectivity index (χ0n) is 10.8. The summed E-state index contributed by atoms with van der Waals surface area (Å²) in [5, 5.41) is 0. The Labute approximate surface area is 117 Å². The molecule has 0 saturated carbocycles. The van der Waals surface area contributed by atoms with Gasteiger partial charge in [-0.15, -0.1) is 0 Å². The van der Waals surface area contributed by atoms with Crippen LogP contribution in [0.25, 0.3) is 0 Å². The molecule has 0 aromatic heterocycles. The largest absolute Gasteiger partial charge is 0.353 e. The van der Waals surface area contributed by atoms with Crippen LogP contribution in [0.5, 0.6) is 0 Å². The second-order valence-electron chi connectivity index (χ2n) is 4.68. The summed E-state index contributed by atoms with van der Waals surface area (Å²) in [6.07, 6.45) is 1.95. The predicted molar refractivity (Wildman–Crippen MR) is 75.4 cm³/mol. The molecule has 1 aliphatic heterocycles. The predicted octanol–water partition coefficient (Wildman–Crippen LogP) is 3.03. The minimum Gasteiger partial charge on any atom is -0.353 e. The van der Waals surface area contributed by atoms with Crippen molar-refractivity contribution < 1.29 is 9.47 Å². The van der Waals surface area contributed by atoms with Gasteiger partial charge in [-0.1, -0.05) is 28.1 Å². The number of benzene rings is 1. The van der Waals surface area contributed by atoms with Crippen molar-refractivity contribution in [2.45, 2.75) is 25.7 Å². The molecular weight excluding hydrogens is 294 g/mol. The molecule has 1 aromatic carbocycles. The van der Waals surface area contributed by atoms with Crippen molar-refractivity contribution in [1.29, 1.82) is 0 Å². The molecule has 1 aromatic rings. The van der Waals surface area contributed by atoms with Crippen molar-refractivity contribution >= 4 is 15.9 Å². The summed E-state index contributed by atoms with van der Waals surface area (Å²) in [6, 6.07) is 8.45. The first kappa shape index (κ1) is 14.0. The Hall–Kier alpha value is -0.420. The van der Waals surface area contributed by atoms with Crippen LogP contribution in [-0.2, 0) is 16.0 Å². The lowest BCUT2D eigenvalue weighted by Crippen LogP contribution is -2.29. The van der Waals surface area contributed by atoms with E-state index in [9.17, 15) is 0 Å². The van der Waals surface area contributed by atoms with Gasteiger partial charge < -0.3 is 14.4 Å². The van der Waals surface area contributed by atoms with Crippen LogP contribution in [0.2, 0.25) is 0 Å². The van der Waals surface area contributed by atoms with Gasteiger partial charge in [0, 0.05) is 24.0 Å². The van der Waals surface area contributed by atoms with Crippen molar-refractivity contribution in [3.8, 4) is 0 Å².